The summed E-state index contributed by atoms with van der Waals surface area (Å²) in [5.41, 5.74) is -1.37. The molecule has 0 atom stereocenters. The van der Waals surface area contributed by atoms with Gasteiger partial charge in [-0.1, -0.05) is 13.3 Å². The van der Waals surface area contributed by atoms with Crippen LogP contribution in [0.5, 0.6) is 0 Å². The zero-order valence-corrected chi connectivity index (χ0v) is 8.68. The number of halogens is 2. The smallest absolute Gasteiger partial charge is 0.302 e. The highest BCUT2D eigenvalue weighted by Crippen LogP contribution is 2.17. The maximum atomic E-state index is 13.3. The Hall–Kier alpha value is -1.46. The maximum Gasteiger partial charge on any atom is 0.302 e. The Balaban J connectivity index is 3.02. The molecule has 0 aliphatic carbocycles. The van der Waals surface area contributed by atoms with Crippen molar-refractivity contribution in [3.8, 4) is 0 Å². The first-order chi connectivity index (χ1) is 7.07. The van der Waals surface area contributed by atoms with Crippen LogP contribution in [-0.4, -0.2) is 23.8 Å². The summed E-state index contributed by atoms with van der Waals surface area (Å²) in [7, 11) is 1.53. The summed E-state index contributed by atoms with van der Waals surface area (Å²) >= 11 is 0. The molecule has 1 aromatic heterocycles. The monoisotopic (exact) mass is 217 g/mol. The molecular weight excluding hydrogens is 204 g/mol. The fourth-order valence-corrected chi connectivity index (χ4v) is 1.23. The van der Waals surface area contributed by atoms with Gasteiger partial charge in [-0.3, -0.25) is 4.79 Å². The molecule has 0 aromatic carbocycles. The van der Waals surface area contributed by atoms with Crippen molar-refractivity contribution >= 4 is 5.69 Å². The summed E-state index contributed by atoms with van der Waals surface area (Å²) < 4.78 is 26.4. The lowest BCUT2D eigenvalue weighted by Crippen LogP contribution is -2.26. The topological polar surface area (TPSA) is 49.0 Å². The first-order valence-corrected chi connectivity index (χ1v) is 4.72. The molecule has 4 nitrogen and oxygen atoms in total. The number of nitrogens with zero attached hydrogens (tertiary/aromatic N) is 2. The number of hydrogen-bond acceptors (Lipinski definition) is 3. The number of anilines is 1. The van der Waals surface area contributed by atoms with Gasteiger partial charge in [-0.15, -0.1) is 5.10 Å². The lowest BCUT2D eigenvalue weighted by molar-refractivity contribution is 0.515. The Morgan fingerprint density at radius 3 is 2.73 bits per heavy atom. The van der Waals surface area contributed by atoms with Crippen molar-refractivity contribution in [1.29, 1.82) is 0 Å². The number of aromatic nitrogens is 2. The third-order valence-corrected chi connectivity index (χ3v) is 2.09. The molecule has 1 rings (SSSR count). The molecular formula is C9H13F2N3O. The predicted octanol–water partition coefficient (Wildman–Crippen LogP) is 1.28. The number of nitrogens with one attached hydrogen (secondary N) is 1. The van der Waals surface area contributed by atoms with Gasteiger partial charge in [0.1, 0.15) is 5.69 Å². The summed E-state index contributed by atoms with van der Waals surface area (Å²) in [6.45, 7) is 2.45. The SMILES string of the molecule is CCCCN(C)c1c(F)n[nH]c(=O)c1F. The lowest BCUT2D eigenvalue weighted by atomic mass is 10.3. The van der Waals surface area contributed by atoms with Crippen LogP contribution >= 0.6 is 0 Å². The van der Waals surface area contributed by atoms with Gasteiger partial charge in [0.05, 0.1) is 0 Å². The third-order valence-electron chi connectivity index (χ3n) is 2.09. The molecule has 84 valence electrons. The van der Waals surface area contributed by atoms with Crippen LogP contribution in [0.1, 0.15) is 19.8 Å². The van der Waals surface area contributed by atoms with Gasteiger partial charge in [-0.25, -0.2) is 5.10 Å². The molecule has 0 fully saturated rings. The van der Waals surface area contributed by atoms with E-state index in [2.05, 4.69) is 5.10 Å². The standard InChI is InChI=1S/C9H13F2N3O/c1-3-4-5-14(2)7-6(10)9(15)13-12-8(7)11/h3-5H2,1-2H3,(H,13,15). The van der Waals surface area contributed by atoms with Gasteiger partial charge in [0.25, 0.3) is 5.95 Å². The Labute approximate surface area is 85.9 Å². The fraction of sp³-hybridized carbons (Fsp3) is 0.556. The Morgan fingerprint density at radius 1 is 1.47 bits per heavy atom. The molecule has 0 bridgehead atoms. The van der Waals surface area contributed by atoms with E-state index in [1.165, 1.54) is 11.9 Å². The van der Waals surface area contributed by atoms with Gasteiger partial charge >= 0.3 is 5.56 Å². The number of H-pyrrole nitrogens is 1. The molecule has 0 saturated heterocycles. The van der Waals surface area contributed by atoms with E-state index in [9.17, 15) is 13.6 Å². The van der Waals surface area contributed by atoms with Crippen molar-refractivity contribution in [3.63, 3.8) is 0 Å². The second-order valence-electron chi connectivity index (χ2n) is 3.28. The molecule has 0 unspecified atom stereocenters. The number of aromatic amines is 1. The molecule has 0 saturated carbocycles. The molecule has 0 aliphatic rings. The maximum absolute atomic E-state index is 13.3. The van der Waals surface area contributed by atoms with Crippen molar-refractivity contribution in [3.05, 3.63) is 22.1 Å². The van der Waals surface area contributed by atoms with Gasteiger partial charge < -0.3 is 4.90 Å². The van der Waals surface area contributed by atoms with Gasteiger partial charge in [-0.2, -0.15) is 8.78 Å². The van der Waals surface area contributed by atoms with Gasteiger partial charge in [0.2, 0.25) is 5.82 Å². The molecule has 0 aliphatic heterocycles. The molecule has 6 heteroatoms. The van der Waals surface area contributed by atoms with E-state index in [0.29, 0.717) is 6.54 Å². The van der Waals surface area contributed by atoms with E-state index < -0.39 is 17.3 Å². The quantitative estimate of drug-likeness (QED) is 0.826. The van der Waals surface area contributed by atoms with E-state index >= 15 is 0 Å². The zero-order chi connectivity index (χ0) is 11.4. The first-order valence-electron chi connectivity index (χ1n) is 4.72. The number of rotatable bonds is 4. The molecule has 0 amide bonds. The largest absolute Gasteiger partial charge is 0.368 e. The van der Waals surface area contributed by atoms with Crippen LogP contribution in [0.15, 0.2) is 4.79 Å². The van der Waals surface area contributed by atoms with Crippen molar-refractivity contribution in [2.24, 2.45) is 0 Å². The second-order valence-corrected chi connectivity index (χ2v) is 3.28. The average molecular weight is 217 g/mol. The molecule has 0 radical (unpaired) electrons. The summed E-state index contributed by atoms with van der Waals surface area (Å²) in [5.74, 6) is -2.12. The Bertz CT molecular complexity index is 391. The van der Waals surface area contributed by atoms with Crippen LogP contribution in [0.4, 0.5) is 14.5 Å². The molecule has 1 N–H and O–H groups in total. The summed E-state index contributed by atoms with van der Waals surface area (Å²) in [6, 6.07) is 0. The average Bonchev–Trinajstić information content (AvgIpc) is 2.21. The minimum absolute atomic E-state index is 0.368. The highest BCUT2D eigenvalue weighted by molar-refractivity contribution is 5.44. The molecule has 0 spiro atoms. The first kappa shape index (κ1) is 11.6. The van der Waals surface area contributed by atoms with Crippen molar-refractivity contribution in [2.75, 3.05) is 18.5 Å². The highest BCUT2D eigenvalue weighted by Gasteiger charge is 2.17. The van der Waals surface area contributed by atoms with Crippen molar-refractivity contribution in [2.45, 2.75) is 19.8 Å². The van der Waals surface area contributed by atoms with E-state index in [0.717, 1.165) is 12.8 Å². The van der Waals surface area contributed by atoms with Crippen molar-refractivity contribution < 1.29 is 8.78 Å². The fourth-order valence-electron chi connectivity index (χ4n) is 1.23. The highest BCUT2D eigenvalue weighted by atomic mass is 19.1. The molecule has 1 aromatic rings. The lowest BCUT2D eigenvalue weighted by Gasteiger charge is -2.18. The predicted molar refractivity (Wildman–Crippen MR) is 53.0 cm³/mol. The van der Waals surface area contributed by atoms with E-state index in [1.54, 1.807) is 5.10 Å². The number of unbranched alkanes of at least 4 members (excludes halogenated alkanes) is 1. The van der Waals surface area contributed by atoms with Crippen LogP contribution in [0.2, 0.25) is 0 Å². The minimum atomic E-state index is -1.12. The number of hydrogen-bond donors (Lipinski definition) is 1. The van der Waals surface area contributed by atoms with E-state index in [4.69, 9.17) is 0 Å². The minimum Gasteiger partial charge on any atom is -0.368 e. The van der Waals surface area contributed by atoms with Crippen molar-refractivity contribution in [1.82, 2.24) is 10.2 Å². The second kappa shape index (κ2) is 4.86. The van der Waals surface area contributed by atoms with Gasteiger partial charge in [-0.05, 0) is 6.42 Å². The zero-order valence-electron chi connectivity index (χ0n) is 8.68. The summed E-state index contributed by atoms with van der Waals surface area (Å²) in [6.07, 6.45) is 1.70. The Morgan fingerprint density at radius 2 is 2.13 bits per heavy atom. The normalized spacial score (nSPS) is 10.4. The summed E-state index contributed by atoms with van der Waals surface area (Å²) in [5, 5.41) is 4.82. The van der Waals surface area contributed by atoms with Crippen LogP contribution < -0.4 is 10.5 Å². The van der Waals surface area contributed by atoms with E-state index in [1.807, 2.05) is 6.92 Å². The van der Waals surface area contributed by atoms with E-state index in [-0.39, 0.29) is 5.69 Å². The molecule has 15 heavy (non-hydrogen) atoms. The van der Waals surface area contributed by atoms with Gasteiger partial charge in [0.15, 0.2) is 0 Å². The van der Waals surface area contributed by atoms with Crippen LogP contribution in [-0.2, 0) is 0 Å². The third kappa shape index (κ3) is 2.51. The van der Waals surface area contributed by atoms with Crippen LogP contribution in [0.25, 0.3) is 0 Å². The van der Waals surface area contributed by atoms with Gasteiger partial charge in [0, 0.05) is 13.6 Å². The van der Waals surface area contributed by atoms with Crippen LogP contribution in [0, 0.1) is 11.8 Å². The van der Waals surface area contributed by atoms with Crippen LogP contribution in [0.3, 0.4) is 0 Å². The summed E-state index contributed by atoms with van der Waals surface area (Å²) in [4.78, 5) is 12.2. The Kier molecular flexibility index (Phi) is 3.76. The molecule has 1 heterocycles.